The minimum Gasteiger partial charge on any atom is -0.493 e. The van der Waals surface area contributed by atoms with Gasteiger partial charge in [-0.05, 0) is 36.8 Å². The van der Waals surface area contributed by atoms with Gasteiger partial charge in [0, 0.05) is 11.1 Å². The van der Waals surface area contributed by atoms with Crippen molar-refractivity contribution in [1.82, 2.24) is 0 Å². The summed E-state index contributed by atoms with van der Waals surface area (Å²) in [6.07, 6.45) is 1.53. The number of nitrogens with zero attached hydrogens (tertiary/aromatic N) is 1. The van der Waals surface area contributed by atoms with E-state index in [2.05, 4.69) is 6.58 Å². The van der Waals surface area contributed by atoms with E-state index in [0.29, 0.717) is 22.2 Å². The maximum absolute atomic E-state index is 13.2. The highest BCUT2D eigenvalue weighted by Gasteiger charge is 2.26. The van der Waals surface area contributed by atoms with Crippen molar-refractivity contribution in [2.45, 2.75) is 11.8 Å². The summed E-state index contributed by atoms with van der Waals surface area (Å²) in [6, 6.07) is 9.59. The summed E-state index contributed by atoms with van der Waals surface area (Å²) >= 11 is 6.06. The number of hydrogen-bond acceptors (Lipinski definition) is 4. The van der Waals surface area contributed by atoms with Gasteiger partial charge in [-0.25, -0.2) is 8.42 Å². The largest absolute Gasteiger partial charge is 0.493 e. The lowest BCUT2D eigenvalue weighted by Gasteiger charge is -2.25. The van der Waals surface area contributed by atoms with E-state index in [1.165, 1.54) is 36.7 Å². The average Bonchev–Trinajstić information content (AvgIpc) is 2.61. The number of anilines is 1. The Hall–Kier alpha value is -2.18. The number of methoxy groups -OCH3 is 2. The molecule has 0 radical (unpaired) electrons. The van der Waals surface area contributed by atoms with Crippen molar-refractivity contribution in [3.8, 4) is 11.5 Å². The van der Waals surface area contributed by atoms with Crippen LogP contribution in [-0.4, -0.2) is 29.2 Å². The molecule has 0 aliphatic rings. The van der Waals surface area contributed by atoms with Gasteiger partial charge in [-0.3, -0.25) is 4.31 Å². The van der Waals surface area contributed by atoms with E-state index in [1.54, 1.807) is 24.3 Å². The molecule has 0 amide bonds. The number of benzene rings is 2. The van der Waals surface area contributed by atoms with Gasteiger partial charge in [0.1, 0.15) is 0 Å². The van der Waals surface area contributed by atoms with Crippen LogP contribution in [0.1, 0.15) is 5.56 Å². The molecule has 0 bridgehead atoms. The molecule has 0 aromatic heterocycles. The lowest BCUT2D eigenvalue weighted by atomic mass is 10.2. The van der Waals surface area contributed by atoms with Crippen molar-refractivity contribution < 1.29 is 17.9 Å². The van der Waals surface area contributed by atoms with Gasteiger partial charge in [-0.1, -0.05) is 23.7 Å². The first kappa shape index (κ1) is 19.1. The summed E-state index contributed by atoms with van der Waals surface area (Å²) in [4.78, 5) is 0.0892. The summed E-state index contributed by atoms with van der Waals surface area (Å²) in [5, 5.41) is 0.456. The molecule has 0 aliphatic carbocycles. The predicted molar refractivity (Wildman–Crippen MR) is 100 cm³/mol. The molecule has 0 heterocycles. The summed E-state index contributed by atoms with van der Waals surface area (Å²) in [6.45, 7) is 5.60. The number of halogens is 1. The van der Waals surface area contributed by atoms with E-state index in [-0.39, 0.29) is 11.4 Å². The van der Waals surface area contributed by atoms with E-state index in [9.17, 15) is 8.42 Å². The monoisotopic (exact) mass is 381 g/mol. The molecule has 7 heteroatoms. The first-order valence-corrected chi connectivity index (χ1v) is 9.28. The summed E-state index contributed by atoms with van der Waals surface area (Å²) in [7, 11) is -0.899. The van der Waals surface area contributed by atoms with E-state index in [0.717, 1.165) is 5.56 Å². The van der Waals surface area contributed by atoms with Crippen molar-refractivity contribution >= 4 is 27.3 Å². The first-order valence-electron chi connectivity index (χ1n) is 7.47. The molecule has 0 aliphatic heterocycles. The van der Waals surface area contributed by atoms with Crippen LogP contribution in [0.4, 0.5) is 5.69 Å². The standard InChI is InChI=1S/C18H20ClNO4S/c1-5-10-20(16-11-14(19)7-6-13(16)2)25(21,22)15-8-9-17(23-3)18(12-15)24-4/h5-9,11-12H,1,10H2,2-4H3. The smallest absolute Gasteiger partial charge is 0.264 e. The molecular formula is C18H20ClNO4S. The molecule has 0 unspecified atom stereocenters. The Morgan fingerprint density at radius 3 is 2.40 bits per heavy atom. The normalized spacial score (nSPS) is 11.0. The molecule has 0 saturated carbocycles. The lowest BCUT2D eigenvalue weighted by molar-refractivity contribution is 0.354. The highest BCUT2D eigenvalue weighted by molar-refractivity contribution is 7.92. The van der Waals surface area contributed by atoms with Gasteiger partial charge in [-0.15, -0.1) is 6.58 Å². The highest BCUT2D eigenvalue weighted by atomic mass is 35.5. The van der Waals surface area contributed by atoms with Gasteiger partial charge < -0.3 is 9.47 Å². The number of sulfonamides is 1. The van der Waals surface area contributed by atoms with E-state index in [1.807, 2.05) is 6.92 Å². The van der Waals surface area contributed by atoms with Crippen molar-refractivity contribution in [3.63, 3.8) is 0 Å². The fourth-order valence-corrected chi connectivity index (χ4v) is 4.07. The Morgan fingerprint density at radius 1 is 1.12 bits per heavy atom. The fraction of sp³-hybridized carbons (Fsp3) is 0.222. The Kier molecular flexibility index (Phi) is 5.98. The molecule has 0 atom stereocenters. The second kappa shape index (κ2) is 7.80. The van der Waals surface area contributed by atoms with Crippen LogP contribution < -0.4 is 13.8 Å². The van der Waals surface area contributed by atoms with Crippen LogP contribution in [0.2, 0.25) is 5.02 Å². The quantitative estimate of drug-likeness (QED) is 0.679. The molecule has 0 fully saturated rings. The average molecular weight is 382 g/mol. The van der Waals surface area contributed by atoms with Crippen LogP contribution in [0.5, 0.6) is 11.5 Å². The first-order chi connectivity index (χ1) is 11.8. The molecule has 2 aromatic rings. The third-order valence-corrected chi connectivity index (χ3v) is 5.69. The van der Waals surface area contributed by atoms with Gasteiger partial charge in [0.2, 0.25) is 0 Å². The van der Waals surface area contributed by atoms with Gasteiger partial charge in [0.05, 0.1) is 31.3 Å². The van der Waals surface area contributed by atoms with Gasteiger partial charge in [-0.2, -0.15) is 0 Å². The van der Waals surface area contributed by atoms with E-state index in [4.69, 9.17) is 21.1 Å². The van der Waals surface area contributed by atoms with Gasteiger partial charge in [0.25, 0.3) is 10.0 Å². The SMILES string of the molecule is C=CCN(c1cc(Cl)ccc1C)S(=O)(=O)c1ccc(OC)c(OC)c1. The molecule has 25 heavy (non-hydrogen) atoms. The van der Waals surface area contributed by atoms with E-state index < -0.39 is 10.0 Å². The number of hydrogen-bond donors (Lipinski definition) is 0. The molecule has 0 spiro atoms. The van der Waals surface area contributed by atoms with Crippen LogP contribution in [0.3, 0.4) is 0 Å². The topological polar surface area (TPSA) is 55.8 Å². The Balaban J connectivity index is 2.60. The molecule has 5 nitrogen and oxygen atoms in total. The highest BCUT2D eigenvalue weighted by Crippen LogP contribution is 2.33. The Morgan fingerprint density at radius 2 is 1.80 bits per heavy atom. The van der Waals surface area contributed by atoms with Crippen LogP contribution >= 0.6 is 11.6 Å². The molecule has 0 N–H and O–H groups in total. The van der Waals surface area contributed by atoms with Crippen LogP contribution in [0, 0.1) is 6.92 Å². The molecular weight excluding hydrogens is 362 g/mol. The third-order valence-electron chi connectivity index (χ3n) is 3.68. The zero-order valence-electron chi connectivity index (χ0n) is 14.3. The second-order valence-electron chi connectivity index (χ2n) is 5.27. The van der Waals surface area contributed by atoms with Crippen LogP contribution in [0.25, 0.3) is 0 Å². The van der Waals surface area contributed by atoms with Crippen molar-refractivity contribution in [3.05, 3.63) is 59.6 Å². The zero-order valence-corrected chi connectivity index (χ0v) is 15.9. The van der Waals surface area contributed by atoms with Crippen LogP contribution in [-0.2, 0) is 10.0 Å². The van der Waals surface area contributed by atoms with Crippen LogP contribution in [0.15, 0.2) is 53.9 Å². The summed E-state index contributed by atoms with van der Waals surface area (Å²) in [5.41, 5.74) is 1.29. The fourth-order valence-electron chi connectivity index (χ4n) is 2.40. The Labute approximate surface area is 153 Å². The minimum absolute atomic E-state index is 0.0892. The zero-order chi connectivity index (χ0) is 18.6. The number of ether oxygens (including phenoxy) is 2. The minimum atomic E-state index is -3.85. The summed E-state index contributed by atoms with van der Waals surface area (Å²) in [5.74, 6) is 0.792. The maximum atomic E-state index is 13.2. The lowest BCUT2D eigenvalue weighted by Crippen LogP contribution is -2.31. The second-order valence-corrected chi connectivity index (χ2v) is 7.57. The number of rotatable bonds is 7. The molecule has 134 valence electrons. The number of aryl methyl sites for hydroxylation is 1. The van der Waals surface area contributed by atoms with Crippen molar-refractivity contribution in [2.75, 3.05) is 25.1 Å². The molecule has 0 saturated heterocycles. The summed E-state index contributed by atoms with van der Waals surface area (Å²) < 4.78 is 38.0. The molecule has 2 rings (SSSR count). The van der Waals surface area contributed by atoms with Gasteiger partial charge >= 0.3 is 0 Å². The predicted octanol–water partition coefficient (Wildman–Crippen LogP) is 4.05. The maximum Gasteiger partial charge on any atom is 0.264 e. The van der Waals surface area contributed by atoms with E-state index >= 15 is 0 Å². The van der Waals surface area contributed by atoms with Gasteiger partial charge in [0.15, 0.2) is 11.5 Å². The Bertz CT molecular complexity index is 881. The van der Waals surface area contributed by atoms with Crippen molar-refractivity contribution in [1.29, 1.82) is 0 Å². The van der Waals surface area contributed by atoms with Crippen molar-refractivity contribution in [2.24, 2.45) is 0 Å². The molecule has 2 aromatic carbocycles. The third kappa shape index (κ3) is 3.91.